The molecular weight excluding hydrogens is 294 g/mol. The van der Waals surface area contributed by atoms with Crippen LogP contribution in [-0.4, -0.2) is 24.2 Å². The molecule has 1 atom stereocenters. The van der Waals surface area contributed by atoms with Crippen molar-refractivity contribution in [2.24, 2.45) is 0 Å². The van der Waals surface area contributed by atoms with E-state index in [0.717, 1.165) is 10.8 Å². The first-order valence-corrected chi connectivity index (χ1v) is 7.44. The Morgan fingerprint density at radius 2 is 1.96 bits per heavy atom. The Balaban J connectivity index is 1.60. The van der Waals surface area contributed by atoms with Crippen LogP contribution in [0.15, 0.2) is 65.3 Å². The summed E-state index contributed by atoms with van der Waals surface area (Å²) in [5.41, 5.74) is 0.535. The van der Waals surface area contributed by atoms with Gasteiger partial charge in [-0.2, -0.15) is 0 Å². The summed E-state index contributed by atoms with van der Waals surface area (Å²) in [4.78, 5) is 18.1. The lowest BCUT2D eigenvalue weighted by Gasteiger charge is -2.20. The van der Waals surface area contributed by atoms with Crippen molar-refractivity contribution in [1.29, 1.82) is 0 Å². The maximum absolute atomic E-state index is 12.6. The molecule has 1 aliphatic heterocycles. The fraction of sp³-hybridized carbons (Fsp3) is 0.167. The molecular formula is C18H15NO4. The number of furan rings is 1. The summed E-state index contributed by atoms with van der Waals surface area (Å²) in [6.07, 6.45) is 1.07. The lowest BCUT2D eigenvalue weighted by molar-refractivity contribution is -0.168. The van der Waals surface area contributed by atoms with Gasteiger partial charge in [0, 0.05) is 0 Å². The highest BCUT2D eigenvalue weighted by Crippen LogP contribution is 2.28. The van der Waals surface area contributed by atoms with E-state index < -0.39 is 12.2 Å². The lowest BCUT2D eigenvalue weighted by atomic mass is 10.1. The number of hydrogen-bond acceptors (Lipinski definition) is 5. The summed E-state index contributed by atoms with van der Waals surface area (Å²) < 4.78 is 10.9. The van der Waals surface area contributed by atoms with E-state index in [0.29, 0.717) is 24.5 Å². The molecule has 5 nitrogen and oxygen atoms in total. The quantitative estimate of drug-likeness (QED) is 0.741. The third kappa shape index (κ3) is 2.60. The standard InChI is InChI=1S/C18H15NO4/c20-18(15-8-3-6-13-5-1-2-7-14(13)15)23-19-10-12-22-17(19)16-9-4-11-21-16/h1-9,11,17H,10,12H2. The van der Waals surface area contributed by atoms with E-state index in [1.807, 2.05) is 36.4 Å². The second kappa shape index (κ2) is 5.87. The average molecular weight is 309 g/mol. The van der Waals surface area contributed by atoms with Gasteiger partial charge in [0.1, 0.15) is 0 Å². The molecule has 1 unspecified atom stereocenters. The molecule has 0 saturated carbocycles. The molecule has 0 spiro atoms. The number of carbonyl (C=O) groups excluding carboxylic acids is 1. The van der Waals surface area contributed by atoms with Gasteiger partial charge in [0.05, 0.1) is 25.0 Å². The minimum Gasteiger partial charge on any atom is -0.465 e. The zero-order chi connectivity index (χ0) is 15.6. The van der Waals surface area contributed by atoms with Crippen LogP contribution in [0.1, 0.15) is 22.3 Å². The zero-order valence-corrected chi connectivity index (χ0v) is 12.3. The van der Waals surface area contributed by atoms with E-state index in [1.165, 1.54) is 5.06 Å². The van der Waals surface area contributed by atoms with E-state index in [4.69, 9.17) is 14.0 Å². The molecule has 1 aromatic heterocycles. The van der Waals surface area contributed by atoms with Crippen molar-refractivity contribution in [2.75, 3.05) is 13.2 Å². The Bertz CT molecular complexity index is 823. The molecule has 0 aliphatic carbocycles. The Hall–Kier alpha value is -2.63. The van der Waals surface area contributed by atoms with Gasteiger partial charge in [0.15, 0.2) is 5.76 Å². The zero-order valence-electron chi connectivity index (χ0n) is 12.3. The van der Waals surface area contributed by atoms with Crippen LogP contribution in [0.5, 0.6) is 0 Å². The van der Waals surface area contributed by atoms with Crippen LogP contribution in [0.4, 0.5) is 0 Å². The Labute approximate surface area is 133 Å². The molecule has 1 aliphatic rings. The van der Waals surface area contributed by atoms with Gasteiger partial charge in [-0.3, -0.25) is 0 Å². The van der Waals surface area contributed by atoms with Crippen molar-refractivity contribution in [3.05, 3.63) is 72.2 Å². The Morgan fingerprint density at radius 3 is 2.83 bits per heavy atom. The largest absolute Gasteiger partial charge is 0.465 e. The van der Waals surface area contributed by atoms with E-state index in [2.05, 4.69) is 0 Å². The number of benzene rings is 2. The van der Waals surface area contributed by atoms with Crippen LogP contribution in [0, 0.1) is 0 Å². The first-order chi connectivity index (χ1) is 11.3. The fourth-order valence-corrected chi connectivity index (χ4v) is 2.76. The summed E-state index contributed by atoms with van der Waals surface area (Å²) >= 11 is 0. The SMILES string of the molecule is O=C(ON1CCOC1c1ccco1)c1cccc2ccccc12. The monoisotopic (exact) mass is 309 g/mol. The van der Waals surface area contributed by atoms with Crippen molar-refractivity contribution in [2.45, 2.75) is 6.23 Å². The third-order valence-electron chi connectivity index (χ3n) is 3.85. The topological polar surface area (TPSA) is 51.9 Å². The maximum atomic E-state index is 12.6. The van der Waals surface area contributed by atoms with Crippen molar-refractivity contribution >= 4 is 16.7 Å². The molecule has 2 heterocycles. The van der Waals surface area contributed by atoms with Gasteiger partial charge >= 0.3 is 5.97 Å². The molecule has 23 heavy (non-hydrogen) atoms. The van der Waals surface area contributed by atoms with Crippen molar-refractivity contribution < 1.29 is 18.8 Å². The van der Waals surface area contributed by atoms with Crippen molar-refractivity contribution in [1.82, 2.24) is 5.06 Å². The van der Waals surface area contributed by atoms with Crippen LogP contribution in [0.2, 0.25) is 0 Å². The molecule has 4 rings (SSSR count). The van der Waals surface area contributed by atoms with Crippen molar-refractivity contribution in [3.63, 3.8) is 0 Å². The first-order valence-electron chi connectivity index (χ1n) is 7.44. The molecule has 1 fully saturated rings. The van der Waals surface area contributed by atoms with Gasteiger partial charge in [-0.25, -0.2) is 4.79 Å². The number of rotatable bonds is 3. The maximum Gasteiger partial charge on any atom is 0.357 e. The van der Waals surface area contributed by atoms with Gasteiger partial charge in [0.25, 0.3) is 0 Å². The molecule has 0 bridgehead atoms. The van der Waals surface area contributed by atoms with Crippen LogP contribution >= 0.6 is 0 Å². The Kier molecular flexibility index (Phi) is 3.57. The molecule has 0 amide bonds. The number of ether oxygens (including phenoxy) is 1. The van der Waals surface area contributed by atoms with E-state index in [-0.39, 0.29) is 0 Å². The Morgan fingerprint density at radius 1 is 1.09 bits per heavy atom. The van der Waals surface area contributed by atoms with Gasteiger partial charge < -0.3 is 14.0 Å². The summed E-state index contributed by atoms with van der Waals surface area (Å²) in [5, 5.41) is 3.39. The smallest absolute Gasteiger partial charge is 0.357 e. The second-order valence-electron chi connectivity index (χ2n) is 5.28. The average Bonchev–Trinajstić information content (AvgIpc) is 3.25. The van der Waals surface area contributed by atoms with Gasteiger partial charge in [-0.1, -0.05) is 36.4 Å². The molecule has 1 saturated heterocycles. The second-order valence-corrected chi connectivity index (χ2v) is 5.28. The van der Waals surface area contributed by atoms with Crippen LogP contribution < -0.4 is 0 Å². The predicted molar refractivity (Wildman–Crippen MR) is 83.5 cm³/mol. The van der Waals surface area contributed by atoms with Crippen LogP contribution in [-0.2, 0) is 9.57 Å². The summed E-state index contributed by atoms with van der Waals surface area (Å²) in [6.45, 7) is 0.982. The molecule has 0 radical (unpaired) electrons. The summed E-state index contributed by atoms with van der Waals surface area (Å²) in [5.74, 6) is 0.220. The van der Waals surface area contributed by atoms with Gasteiger partial charge in [-0.05, 0) is 29.0 Å². The minimum absolute atomic E-state index is 0.399. The summed E-state index contributed by atoms with van der Waals surface area (Å²) in [6, 6.07) is 16.9. The highest BCUT2D eigenvalue weighted by atomic mass is 16.8. The van der Waals surface area contributed by atoms with Crippen molar-refractivity contribution in [3.8, 4) is 0 Å². The third-order valence-corrected chi connectivity index (χ3v) is 3.85. The number of nitrogens with zero attached hydrogens (tertiary/aromatic N) is 1. The van der Waals surface area contributed by atoms with Gasteiger partial charge in [-0.15, -0.1) is 5.06 Å². The van der Waals surface area contributed by atoms with E-state index in [9.17, 15) is 4.79 Å². The number of hydroxylamine groups is 2. The number of fused-ring (bicyclic) bond motifs is 1. The van der Waals surface area contributed by atoms with E-state index in [1.54, 1.807) is 24.5 Å². The van der Waals surface area contributed by atoms with Crippen LogP contribution in [0.25, 0.3) is 10.8 Å². The van der Waals surface area contributed by atoms with E-state index >= 15 is 0 Å². The first kappa shape index (κ1) is 14.0. The highest BCUT2D eigenvalue weighted by Gasteiger charge is 2.32. The molecule has 3 aromatic rings. The molecule has 0 N–H and O–H groups in total. The number of carbonyl (C=O) groups is 1. The minimum atomic E-state index is -0.496. The predicted octanol–water partition coefficient (Wildman–Crippen LogP) is 3.54. The lowest BCUT2D eigenvalue weighted by Crippen LogP contribution is -2.27. The normalized spacial score (nSPS) is 18.3. The summed E-state index contributed by atoms with van der Waals surface area (Å²) in [7, 11) is 0. The van der Waals surface area contributed by atoms with Crippen LogP contribution in [0.3, 0.4) is 0 Å². The molecule has 2 aromatic carbocycles. The molecule has 116 valence electrons. The highest BCUT2D eigenvalue weighted by molar-refractivity contribution is 6.04. The molecule has 5 heteroatoms. The fourth-order valence-electron chi connectivity index (χ4n) is 2.76. The van der Waals surface area contributed by atoms with Gasteiger partial charge in [0.2, 0.25) is 6.23 Å². The number of hydrogen-bond donors (Lipinski definition) is 0.